The van der Waals surface area contributed by atoms with Crippen LogP contribution >= 0.6 is 0 Å². The number of carbonyl (C=O) groups is 2. The van der Waals surface area contributed by atoms with E-state index in [4.69, 9.17) is 14.6 Å². The molecule has 0 aromatic heterocycles. The van der Waals surface area contributed by atoms with E-state index in [1.807, 2.05) is 0 Å². The number of amides is 1. The largest absolute Gasteiger partial charge is 0.493 e. The third-order valence-electron chi connectivity index (χ3n) is 2.97. The second kappa shape index (κ2) is 7.70. The summed E-state index contributed by atoms with van der Waals surface area (Å²) < 4.78 is 47.5. The van der Waals surface area contributed by atoms with E-state index >= 15 is 0 Å². The maximum Gasteiger partial charge on any atom is 0.471 e. The van der Waals surface area contributed by atoms with Crippen LogP contribution in [0.3, 0.4) is 0 Å². The third kappa shape index (κ3) is 5.35. The van der Waals surface area contributed by atoms with Crippen molar-refractivity contribution in [2.24, 2.45) is 0 Å². The number of methoxy groups -OCH3 is 2. The van der Waals surface area contributed by atoms with Crippen LogP contribution in [-0.2, 0) is 16.0 Å². The number of carbonyl (C=O) groups excluding carboxylic acids is 1. The highest BCUT2D eigenvalue weighted by Crippen LogP contribution is 2.28. The molecule has 0 aliphatic heterocycles. The molecule has 0 aliphatic carbocycles. The Morgan fingerprint density at radius 2 is 1.78 bits per heavy atom. The topological polar surface area (TPSA) is 76.1 Å². The molecule has 1 N–H and O–H groups in total. The first-order valence-electron chi connectivity index (χ1n) is 6.47. The molecule has 0 saturated carbocycles. The van der Waals surface area contributed by atoms with Crippen LogP contribution in [0.2, 0.25) is 0 Å². The lowest BCUT2D eigenvalue weighted by Gasteiger charge is -2.22. The van der Waals surface area contributed by atoms with Gasteiger partial charge in [0, 0.05) is 6.54 Å². The van der Waals surface area contributed by atoms with Crippen molar-refractivity contribution in [3.8, 4) is 11.5 Å². The molecule has 0 aliphatic rings. The van der Waals surface area contributed by atoms with Crippen molar-refractivity contribution in [3.63, 3.8) is 0 Å². The standard InChI is InChI=1S/C14H16F3NO5/c1-22-10-4-3-9(7-11(10)23-2)5-6-18(8-12(19)20)13(21)14(15,16)17/h3-4,7H,5-6,8H2,1-2H3,(H,19,20). The van der Waals surface area contributed by atoms with Crippen molar-refractivity contribution < 1.29 is 37.3 Å². The Labute approximate surface area is 130 Å². The van der Waals surface area contributed by atoms with E-state index in [0.29, 0.717) is 17.1 Å². The normalized spacial score (nSPS) is 11.0. The van der Waals surface area contributed by atoms with Gasteiger partial charge in [0.2, 0.25) is 0 Å². The van der Waals surface area contributed by atoms with Gasteiger partial charge in [-0.1, -0.05) is 6.07 Å². The first-order valence-corrected chi connectivity index (χ1v) is 6.47. The Balaban J connectivity index is 2.86. The van der Waals surface area contributed by atoms with Crippen LogP contribution in [0, 0.1) is 0 Å². The van der Waals surface area contributed by atoms with Crippen molar-refractivity contribution in [1.82, 2.24) is 4.90 Å². The minimum absolute atomic E-state index is 0.0372. The molecule has 1 amide bonds. The second-order valence-corrected chi connectivity index (χ2v) is 4.56. The Kier molecular flexibility index (Phi) is 6.23. The highest BCUT2D eigenvalue weighted by atomic mass is 19.4. The number of halogens is 3. The van der Waals surface area contributed by atoms with E-state index in [2.05, 4.69) is 0 Å². The summed E-state index contributed by atoms with van der Waals surface area (Å²) in [6.07, 6.45) is -5.08. The average Bonchev–Trinajstić information content (AvgIpc) is 2.49. The lowest BCUT2D eigenvalue weighted by Crippen LogP contribution is -2.44. The summed E-state index contributed by atoms with van der Waals surface area (Å²) in [6.45, 7) is -1.41. The third-order valence-corrected chi connectivity index (χ3v) is 2.97. The molecule has 0 fully saturated rings. The zero-order valence-electron chi connectivity index (χ0n) is 12.5. The van der Waals surface area contributed by atoms with E-state index in [0.717, 1.165) is 0 Å². The number of ether oxygens (including phenoxy) is 2. The molecular formula is C14H16F3NO5. The van der Waals surface area contributed by atoms with E-state index in [9.17, 15) is 22.8 Å². The number of rotatable bonds is 7. The molecule has 6 nitrogen and oxygen atoms in total. The summed E-state index contributed by atoms with van der Waals surface area (Å²) in [5.41, 5.74) is 0.577. The molecule has 1 aromatic rings. The summed E-state index contributed by atoms with van der Waals surface area (Å²) in [6, 6.07) is 4.72. The summed E-state index contributed by atoms with van der Waals surface area (Å²) >= 11 is 0. The van der Waals surface area contributed by atoms with Gasteiger partial charge in [-0.2, -0.15) is 13.2 Å². The second-order valence-electron chi connectivity index (χ2n) is 4.56. The minimum Gasteiger partial charge on any atom is -0.493 e. The fourth-order valence-corrected chi connectivity index (χ4v) is 1.90. The highest BCUT2D eigenvalue weighted by Gasteiger charge is 2.42. The highest BCUT2D eigenvalue weighted by molar-refractivity contribution is 5.85. The molecule has 1 aromatic carbocycles. The van der Waals surface area contributed by atoms with Gasteiger partial charge < -0.3 is 19.5 Å². The van der Waals surface area contributed by atoms with Gasteiger partial charge in [-0.25, -0.2) is 0 Å². The SMILES string of the molecule is COc1ccc(CCN(CC(=O)O)C(=O)C(F)(F)F)cc1OC. The fourth-order valence-electron chi connectivity index (χ4n) is 1.90. The van der Waals surface area contributed by atoms with Crippen LogP contribution < -0.4 is 9.47 Å². The van der Waals surface area contributed by atoms with Crippen molar-refractivity contribution in [2.45, 2.75) is 12.6 Å². The van der Waals surface area contributed by atoms with Gasteiger partial charge >= 0.3 is 18.1 Å². The number of nitrogens with zero attached hydrogens (tertiary/aromatic N) is 1. The maximum atomic E-state index is 12.5. The first-order chi connectivity index (χ1) is 10.7. The van der Waals surface area contributed by atoms with E-state index in [-0.39, 0.29) is 17.9 Å². The Bertz CT molecular complexity index is 574. The van der Waals surface area contributed by atoms with Gasteiger partial charge in [0.05, 0.1) is 14.2 Å². The molecular weight excluding hydrogens is 319 g/mol. The monoisotopic (exact) mass is 335 g/mol. The molecule has 0 unspecified atom stereocenters. The van der Waals surface area contributed by atoms with E-state index in [1.54, 1.807) is 18.2 Å². The lowest BCUT2D eigenvalue weighted by molar-refractivity contribution is -0.186. The number of alkyl halides is 3. The van der Waals surface area contributed by atoms with Crippen molar-refractivity contribution in [3.05, 3.63) is 23.8 Å². The predicted octanol–water partition coefficient (Wildman–Crippen LogP) is 1.72. The molecule has 0 saturated heterocycles. The fraction of sp³-hybridized carbons (Fsp3) is 0.429. The minimum atomic E-state index is -5.12. The van der Waals surface area contributed by atoms with Gasteiger partial charge in [-0.05, 0) is 24.1 Å². The van der Waals surface area contributed by atoms with Gasteiger partial charge in [0.15, 0.2) is 11.5 Å². The van der Waals surface area contributed by atoms with Crippen molar-refractivity contribution in [1.29, 1.82) is 0 Å². The maximum absolute atomic E-state index is 12.5. The first kappa shape index (κ1) is 18.6. The van der Waals surface area contributed by atoms with Crippen LogP contribution in [0.25, 0.3) is 0 Å². The molecule has 128 valence electrons. The smallest absolute Gasteiger partial charge is 0.471 e. The van der Waals surface area contributed by atoms with Gasteiger partial charge in [-0.3, -0.25) is 9.59 Å². The van der Waals surface area contributed by atoms with E-state index in [1.165, 1.54) is 14.2 Å². The zero-order chi connectivity index (χ0) is 17.6. The van der Waals surface area contributed by atoms with Gasteiger partial charge in [0.1, 0.15) is 6.54 Å². The molecule has 0 bridgehead atoms. The number of benzene rings is 1. The molecule has 0 heterocycles. The summed E-state index contributed by atoms with van der Waals surface area (Å²) in [5, 5.41) is 8.65. The molecule has 23 heavy (non-hydrogen) atoms. The van der Waals surface area contributed by atoms with Gasteiger partial charge in [0.25, 0.3) is 0 Å². The van der Waals surface area contributed by atoms with Crippen LogP contribution in [0.1, 0.15) is 5.56 Å². The Hall–Kier alpha value is -2.45. The number of hydrogen-bond donors (Lipinski definition) is 1. The number of aliphatic carboxylic acids is 1. The predicted molar refractivity (Wildman–Crippen MR) is 73.5 cm³/mol. The lowest BCUT2D eigenvalue weighted by atomic mass is 10.1. The van der Waals surface area contributed by atoms with Gasteiger partial charge in [-0.15, -0.1) is 0 Å². The summed E-state index contributed by atoms with van der Waals surface area (Å²) in [7, 11) is 2.85. The Morgan fingerprint density at radius 3 is 2.26 bits per heavy atom. The number of carboxylic acid groups (broad SMARTS) is 1. The quantitative estimate of drug-likeness (QED) is 0.821. The molecule has 0 radical (unpaired) electrons. The zero-order valence-corrected chi connectivity index (χ0v) is 12.5. The molecule has 0 atom stereocenters. The van der Waals surface area contributed by atoms with Crippen LogP contribution in [0.5, 0.6) is 11.5 Å². The molecule has 1 rings (SSSR count). The molecule has 9 heteroatoms. The van der Waals surface area contributed by atoms with Crippen molar-refractivity contribution >= 4 is 11.9 Å². The van der Waals surface area contributed by atoms with Crippen LogP contribution in [0.15, 0.2) is 18.2 Å². The average molecular weight is 335 g/mol. The Morgan fingerprint density at radius 1 is 1.17 bits per heavy atom. The summed E-state index contributed by atoms with van der Waals surface area (Å²) in [5.74, 6) is -2.86. The summed E-state index contributed by atoms with van der Waals surface area (Å²) in [4.78, 5) is 22.1. The van der Waals surface area contributed by atoms with E-state index < -0.39 is 24.6 Å². The molecule has 0 spiro atoms. The van der Waals surface area contributed by atoms with Crippen LogP contribution in [-0.4, -0.2) is 55.4 Å². The van der Waals surface area contributed by atoms with Crippen molar-refractivity contribution in [2.75, 3.05) is 27.3 Å². The van der Waals surface area contributed by atoms with Crippen LogP contribution in [0.4, 0.5) is 13.2 Å². The number of hydrogen-bond acceptors (Lipinski definition) is 4. The number of carboxylic acids is 1.